The number of rotatable bonds is 5. The van der Waals surface area contributed by atoms with Crippen LogP contribution in [0.1, 0.15) is 39.9 Å². The molecule has 2 aromatic heterocycles. The fraction of sp³-hybridized carbons (Fsp3) is 0.417. The molecule has 0 aliphatic carbocycles. The van der Waals surface area contributed by atoms with Crippen molar-refractivity contribution in [3.63, 3.8) is 0 Å². The minimum atomic E-state index is 0.0429. The zero-order chi connectivity index (χ0) is 21.0. The molecule has 160 valence electrons. The molecule has 7 heteroatoms. The van der Waals surface area contributed by atoms with E-state index in [-0.39, 0.29) is 5.91 Å². The van der Waals surface area contributed by atoms with Gasteiger partial charge in [-0.2, -0.15) is 0 Å². The first kappa shape index (κ1) is 19.9. The molecule has 2 aliphatic rings. The standard InChI is InChI=1S/C24H28N6O/c31-24(20-7-4-11-25-17-20)29-14-10-22-26-27-23(30(22)16-15-29)21-9-13-28(18-21)12-8-19-5-2-1-3-6-19/h1-7,11,17,21H,8-10,12-16,18H2. The molecule has 7 nitrogen and oxygen atoms in total. The topological polar surface area (TPSA) is 67.2 Å². The Kier molecular flexibility index (Phi) is 5.76. The van der Waals surface area contributed by atoms with Crippen molar-refractivity contribution >= 4 is 5.91 Å². The Hall–Kier alpha value is -3.06. The molecular formula is C24H28N6O. The second-order valence-electron chi connectivity index (χ2n) is 8.43. The fourth-order valence-electron chi connectivity index (χ4n) is 4.70. The molecule has 4 heterocycles. The highest BCUT2D eigenvalue weighted by Crippen LogP contribution is 2.27. The second kappa shape index (κ2) is 8.98. The number of carbonyl (C=O) groups is 1. The van der Waals surface area contributed by atoms with E-state index in [0.29, 0.717) is 24.6 Å². The highest BCUT2D eigenvalue weighted by atomic mass is 16.2. The number of hydrogen-bond donors (Lipinski definition) is 0. The fourth-order valence-corrected chi connectivity index (χ4v) is 4.70. The summed E-state index contributed by atoms with van der Waals surface area (Å²) in [6.45, 7) is 5.31. The smallest absolute Gasteiger partial charge is 0.255 e. The van der Waals surface area contributed by atoms with Crippen LogP contribution < -0.4 is 0 Å². The summed E-state index contributed by atoms with van der Waals surface area (Å²) in [5.74, 6) is 2.55. The molecule has 1 amide bonds. The van der Waals surface area contributed by atoms with Crippen molar-refractivity contribution in [2.24, 2.45) is 0 Å². The Labute approximate surface area is 182 Å². The third kappa shape index (κ3) is 4.37. The maximum atomic E-state index is 12.8. The van der Waals surface area contributed by atoms with Crippen molar-refractivity contribution in [2.75, 3.05) is 32.7 Å². The van der Waals surface area contributed by atoms with E-state index in [9.17, 15) is 4.79 Å². The van der Waals surface area contributed by atoms with Crippen molar-refractivity contribution in [3.05, 3.63) is 77.6 Å². The zero-order valence-corrected chi connectivity index (χ0v) is 17.7. The summed E-state index contributed by atoms with van der Waals surface area (Å²) in [6, 6.07) is 14.3. The Morgan fingerprint density at radius 2 is 1.90 bits per heavy atom. The summed E-state index contributed by atoms with van der Waals surface area (Å²) < 4.78 is 2.27. The first-order valence-electron chi connectivity index (χ1n) is 11.2. The summed E-state index contributed by atoms with van der Waals surface area (Å²) in [4.78, 5) is 21.4. The normalized spacial score (nSPS) is 19.2. The molecular weight excluding hydrogens is 388 g/mol. The van der Waals surface area contributed by atoms with Gasteiger partial charge in [0.05, 0.1) is 5.56 Å². The lowest BCUT2D eigenvalue weighted by molar-refractivity contribution is 0.0758. The number of hydrogen-bond acceptors (Lipinski definition) is 5. The molecule has 31 heavy (non-hydrogen) atoms. The Morgan fingerprint density at radius 1 is 1.00 bits per heavy atom. The molecule has 0 saturated carbocycles. The van der Waals surface area contributed by atoms with Crippen LogP contribution in [0, 0.1) is 0 Å². The molecule has 5 rings (SSSR count). The first-order valence-corrected chi connectivity index (χ1v) is 11.2. The number of aromatic nitrogens is 4. The van der Waals surface area contributed by atoms with Crippen molar-refractivity contribution in [1.82, 2.24) is 29.5 Å². The van der Waals surface area contributed by atoms with Crippen LogP contribution in [-0.4, -0.2) is 68.2 Å². The number of nitrogens with zero attached hydrogens (tertiary/aromatic N) is 6. The molecule has 1 unspecified atom stereocenters. The van der Waals surface area contributed by atoms with Gasteiger partial charge in [-0.15, -0.1) is 10.2 Å². The predicted octanol–water partition coefficient (Wildman–Crippen LogP) is 2.40. The van der Waals surface area contributed by atoms with Crippen molar-refractivity contribution in [3.8, 4) is 0 Å². The summed E-state index contributed by atoms with van der Waals surface area (Å²) in [5, 5.41) is 9.07. The summed E-state index contributed by atoms with van der Waals surface area (Å²) in [5.41, 5.74) is 2.03. The van der Waals surface area contributed by atoms with Crippen LogP contribution >= 0.6 is 0 Å². The van der Waals surface area contributed by atoms with Gasteiger partial charge in [0.15, 0.2) is 0 Å². The van der Waals surface area contributed by atoms with Gasteiger partial charge in [0.1, 0.15) is 11.6 Å². The predicted molar refractivity (Wildman–Crippen MR) is 118 cm³/mol. The molecule has 1 fully saturated rings. The van der Waals surface area contributed by atoms with E-state index in [1.807, 2.05) is 17.0 Å². The molecule has 0 radical (unpaired) electrons. The van der Waals surface area contributed by atoms with Gasteiger partial charge in [-0.05, 0) is 37.1 Å². The van der Waals surface area contributed by atoms with Gasteiger partial charge in [-0.1, -0.05) is 30.3 Å². The molecule has 0 bridgehead atoms. The number of likely N-dealkylation sites (tertiary alicyclic amines) is 1. The highest BCUT2D eigenvalue weighted by molar-refractivity contribution is 5.93. The maximum Gasteiger partial charge on any atom is 0.255 e. The minimum absolute atomic E-state index is 0.0429. The van der Waals surface area contributed by atoms with Crippen molar-refractivity contribution < 1.29 is 4.79 Å². The lowest BCUT2D eigenvalue weighted by Crippen LogP contribution is -2.34. The van der Waals surface area contributed by atoms with Gasteiger partial charge < -0.3 is 14.4 Å². The Balaban J connectivity index is 1.21. The van der Waals surface area contributed by atoms with Crippen LogP contribution in [0.5, 0.6) is 0 Å². The summed E-state index contributed by atoms with van der Waals surface area (Å²) in [6.07, 6.45) is 6.27. The summed E-state index contributed by atoms with van der Waals surface area (Å²) in [7, 11) is 0. The summed E-state index contributed by atoms with van der Waals surface area (Å²) >= 11 is 0. The van der Waals surface area contributed by atoms with Crippen LogP contribution in [0.15, 0.2) is 54.9 Å². The van der Waals surface area contributed by atoms with Crippen molar-refractivity contribution in [1.29, 1.82) is 0 Å². The molecule has 1 atom stereocenters. The van der Waals surface area contributed by atoms with Gasteiger partial charge >= 0.3 is 0 Å². The zero-order valence-electron chi connectivity index (χ0n) is 17.7. The van der Waals surface area contributed by atoms with E-state index in [1.165, 1.54) is 5.56 Å². The molecule has 3 aromatic rings. The van der Waals surface area contributed by atoms with Gasteiger partial charge in [0, 0.05) is 57.5 Å². The van der Waals surface area contributed by atoms with Gasteiger partial charge in [0.2, 0.25) is 0 Å². The van der Waals surface area contributed by atoms with E-state index < -0.39 is 0 Å². The third-order valence-corrected chi connectivity index (χ3v) is 6.45. The molecule has 1 saturated heterocycles. The van der Waals surface area contributed by atoms with Crippen LogP contribution in [-0.2, 0) is 19.4 Å². The Morgan fingerprint density at radius 3 is 2.74 bits per heavy atom. The van der Waals surface area contributed by atoms with Crippen LogP contribution in [0.25, 0.3) is 0 Å². The number of carbonyl (C=O) groups excluding carboxylic acids is 1. The maximum absolute atomic E-state index is 12.8. The van der Waals surface area contributed by atoms with E-state index in [4.69, 9.17) is 0 Å². The van der Waals surface area contributed by atoms with E-state index >= 15 is 0 Å². The first-order chi connectivity index (χ1) is 15.3. The molecule has 0 N–H and O–H groups in total. The number of benzene rings is 1. The number of pyridine rings is 1. The number of amides is 1. The van der Waals surface area contributed by atoms with Crippen molar-refractivity contribution in [2.45, 2.75) is 31.7 Å². The SMILES string of the molecule is O=C(c1cccnc1)N1CCc2nnc(C3CCN(CCc4ccccc4)C3)n2CC1. The largest absolute Gasteiger partial charge is 0.336 e. The lowest BCUT2D eigenvalue weighted by atomic mass is 10.1. The average Bonchev–Trinajstić information content (AvgIpc) is 3.40. The third-order valence-electron chi connectivity index (χ3n) is 6.45. The minimum Gasteiger partial charge on any atom is -0.336 e. The monoisotopic (exact) mass is 416 g/mol. The van der Waals surface area contributed by atoms with Gasteiger partial charge in [0.25, 0.3) is 5.91 Å². The Bertz CT molecular complexity index is 1020. The number of fused-ring (bicyclic) bond motifs is 1. The molecule has 2 aliphatic heterocycles. The molecule has 1 aromatic carbocycles. The highest BCUT2D eigenvalue weighted by Gasteiger charge is 2.30. The average molecular weight is 417 g/mol. The second-order valence-corrected chi connectivity index (χ2v) is 8.43. The van der Waals surface area contributed by atoms with Crippen LogP contribution in [0.4, 0.5) is 0 Å². The van der Waals surface area contributed by atoms with E-state index in [2.05, 4.69) is 55.0 Å². The van der Waals surface area contributed by atoms with Crippen LogP contribution in [0.2, 0.25) is 0 Å². The van der Waals surface area contributed by atoms with Crippen LogP contribution in [0.3, 0.4) is 0 Å². The van der Waals surface area contributed by atoms with Gasteiger partial charge in [-0.3, -0.25) is 9.78 Å². The van der Waals surface area contributed by atoms with Gasteiger partial charge in [-0.25, -0.2) is 0 Å². The quantitative estimate of drug-likeness (QED) is 0.639. The lowest BCUT2D eigenvalue weighted by Gasteiger charge is -2.20. The van der Waals surface area contributed by atoms with E-state index in [0.717, 1.165) is 57.1 Å². The van der Waals surface area contributed by atoms with E-state index in [1.54, 1.807) is 12.4 Å². The molecule has 0 spiro atoms.